The lowest BCUT2D eigenvalue weighted by Gasteiger charge is -2.28. The van der Waals surface area contributed by atoms with Gasteiger partial charge in [-0.2, -0.15) is 0 Å². The smallest absolute Gasteiger partial charge is 0.251 e. The van der Waals surface area contributed by atoms with Crippen LogP contribution in [0.25, 0.3) is 0 Å². The Labute approximate surface area is 144 Å². The minimum atomic E-state index is 0.00287. The highest BCUT2D eigenvalue weighted by Crippen LogP contribution is 2.19. The third-order valence-electron chi connectivity index (χ3n) is 4.73. The molecule has 3 heteroatoms. The maximum Gasteiger partial charge on any atom is 0.251 e. The van der Waals surface area contributed by atoms with E-state index in [2.05, 4.69) is 22.3 Å². The van der Waals surface area contributed by atoms with Crippen molar-refractivity contribution in [3.8, 4) is 0 Å². The molecule has 1 saturated heterocycles. The maximum atomic E-state index is 12.6. The fraction of sp³-hybridized carbons (Fsp3) is 0.381. The number of amides is 1. The molecule has 3 rings (SSSR count). The van der Waals surface area contributed by atoms with E-state index in [1.54, 1.807) is 0 Å². The van der Waals surface area contributed by atoms with Crippen molar-refractivity contribution in [2.45, 2.75) is 31.7 Å². The molecule has 1 heterocycles. The van der Waals surface area contributed by atoms with E-state index >= 15 is 0 Å². The van der Waals surface area contributed by atoms with Crippen LogP contribution in [0.1, 0.15) is 47.6 Å². The van der Waals surface area contributed by atoms with Gasteiger partial charge in [0.05, 0.1) is 6.04 Å². The van der Waals surface area contributed by atoms with Crippen molar-refractivity contribution in [2.75, 3.05) is 19.6 Å². The molecule has 0 aromatic heterocycles. The molecule has 1 aliphatic rings. The first-order chi connectivity index (χ1) is 11.8. The van der Waals surface area contributed by atoms with Crippen molar-refractivity contribution in [2.24, 2.45) is 0 Å². The van der Waals surface area contributed by atoms with Crippen LogP contribution < -0.4 is 5.32 Å². The molecule has 1 N–H and O–H groups in total. The van der Waals surface area contributed by atoms with Crippen molar-refractivity contribution in [1.29, 1.82) is 0 Å². The number of carbonyl (C=O) groups is 1. The van der Waals surface area contributed by atoms with E-state index in [-0.39, 0.29) is 11.9 Å². The van der Waals surface area contributed by atoms with Crippen LogP contribution in [0.2, 0.25) is 0 Å². The molecule has 0 radical (unpaired) electrons. The fourth-order valence-corrected chi connectivity index (χ4v) is 3.33. The van der Waals surface area contributed by atoms with E-state index < -0.39 is 0 Å². The van der Waals surface area contributed by atoms with Crippen molar-refractivity contribution in [3.05, 3.63) is 71.8 Å². The Morgan fingerprint density at radius 3 is 2.21 bits per heavy atom. The highest BCUT2D eigenvalue weighted by molar-refractivity contribution is 5.94. The molecule has 2 aromatic carbocycles. The summed E-state index contributed by atoms with van der Waals surface area (Å²) in [5, 5.41) is 3.22. The van der Waals surface area contributed by atoms with Gasteiger partial charge >= 0.3 is 0 Å². The normalized spacial score (nSPS) is 16.5. The molecule has 0 aliphatic carbocycles. The minimum Gasteiger partial charge on any atom is -0.345 e. The lowest BCUT2D eigenvalue weighted by Crippen LogP contribution is -2.35. The molecular weight excluding hydrogens is 296 g/mol. The fourth-order valence-electron chi connectivity index (χ4n) is 3.33. The number of hydrogen-bond acceptors (Lipinski definition) is 2. The summed E-state index contributed by atoms with van der Waals surface area (Å²) < 4.78 is 0. The van der Waals surface area contributed by atoms with Gasteiger partial charge in [0.2, 0.25) is 0 Å². The quantitative estimate of drug-likeness (QED) is 0.871. The number of piperidine rings is 1. The first-order valence-corrected chi connectivity index (χ1v) is 8.96. The second-order valence-electron chi connectivity index (χ2n) is 6.49. The summed E-state index contributed by atoms with van der Waals surface area (Å²) in [5.41, 5.74) is 1.90. The van der Waals surface area contributed by atoms with Gasteiger partial charge < -0.3 is 10.2 Å². The number of nitrogens with one attached hydrogen (secondary N) is 1. The van der Waals surface area contributed by atoms with Gasteiger partial charge in [-0.15, -0.1) is 0 Å². The predicted molar refractivity (Wildman–Crippen MR) is 98.0 cm³/mol. The monoisotopic (exact) mass is 322 g/mol. The van der Waals surface area contributed by atoms with Gasteiger partial charge in [-0.1, -0.05) is 55.0 Å². The van der Waals surface area contributed by atoms with E-state index in [4.69, 9.17) is 0 Å². The second kappa shape index (κ2) is 8.65. The Morgan fingerprint density at radius 2 is 1.54 bits per heavy atom. The SMILES string of the molecule is O=C(NC(CCN1CCCCC1)c1ccccc1)c1ccccc1. The Morgan fingerprint density at radius 1 is 0.917 bits per heavy atom. The summed E-state index contributed by atoms with van der Waals surface area (Å²) in [6, 6.07) is 19.8. The molecule has 1 amide bonds. The number of nitrogens with zero attached hydrogens (tertiary/aromatic N) is 1. The van der Waals surface area contributed by atoms with Crippen molar-refractivity contribution in [1.82, 2.24) is 10.2 Å². The average Bonchev–Trinajstić information content (AvgIpc) is 2.67. The summed E-state index contributed by atoms with van der Waals surface area (Å²) in [7, 11) is 0. The van der Waals surface area contributed by atoms with Gasteiger partial charge in [-0.05, 0) is 50.0 Å². The van der Waals surface area contributed by atoms with Gasteiger partial charge in [0.25, 0.3) is 5.91 Å². The molecule has 1 unspecified atom stereocenters. The molecule has 1 atom stereocenters. The summed E-state index contributed by atoms with van der Waals surface area (Å²) in [5.74, 6) is 0.00287. The summed E-state index contributed by atoms with van der Waals surface area (Å²) in [6.07, 6.45) is 4.89. The van der Waals surface area contributed by atoms with Crippen LogP contribution in [-0.2, 0) is 0 Å². The summed E-state index contributed by atoms with van der Waals surface area (Å²) in [6.45, 7) is 3.41. The van der Waals surface area contributed by atoms with Crippen LogP contribution in [-0.4, -0.2) is 30.4 Å². The van der Waals surface area contributed by atoms with E-state index in [0.717, 1.165) is 18.5 Å². The first kappa shape index (κ1) is 16.7. The molecule has 126 valence electrons. The third kappa shape index (κ3) is 4.68. The molecule has 2 aromatic rings. The second-order valence-corrected chi connectivity index (χ2v) is 6.49. The standard InChI is InChI=1S/C21H26N2O/c24-21(19-12-6-2-7-13-19)22-20(18-10-4-1-5-11-18)14-17-23-15-8-3-9-16-23/h1-2,4-7,10-13,20H,3,8-9,14-17H2,(H,22,24). The summed E-state index contributed by atoms with van der Waals surface area (Å²) >= 11 is 0. The lowest BCUT2D eigenvalue weighted by molar-refractivity contribution is 0.0930. The molecular formula is C21H26N2O. The molecule has 0 spiro atoms. The Kier molecular flexibility index (Phi) is 6.02. The zero-order valence-corrected chi connectivity index (χ0v) is 14.2. The number of rotatable bonds is 6. The number of benzene rings is 2. The number of likely N-dealkylation sites (tertiary alicyclic amines) is 1. The molecule has 0 saturated carbocycles. The van der Waals surface area contributed by atoms with E-state index in [0.29, 0.717) is 0 Å². The summed E-state index contributed by atoms with van der Waals surface area (Å²) in [4.78, 5) is 15.1. The van der Waals surface area contributed by atoms with E-state index in [1.165, 1.54) is 37.9 Å². The molecule has 0 bridgehead atoms. The third-order valence-corrected chi connectivity index (χ3v) is 4.73. The maximum absolute atomic E-state index is 12.6. The van der Waals surface area contributed by atoms with Crippen LogP contribution in [0.4, 0.5) is 0 Å². The van der Waals surface area contributed by atoms with Crippen LogP contribution in [0.15, 0.2) is 60.7 Å². The topological polar surface area (TPSA) is 32.3 Å². The lowest BCUT2D eigenvalue weighted by atomic mass is 10.0. The molecule has 1 fully saturated rings. The van der Waals surface area contributed by atoms with Crippen molar-refractivity contribution >= 4 is 5.91 Å². The van der Waals surface area contributed by atoms with E-state index in [1.807, 2.05) is 48.5 Å². The Bertz CT molecular complexity index is 621. The van der Waals surface area contributed by atoms with E-state index in [9.17, 15) is 4.79 Å². The van der Waals surface area contributed by atoms with Crippen LogP contribution >= 0.6 is 0 Å². The molecule has 24 heavy (non-hydrogen) atoms. The van der Waals surface area contributed by atoms with Crippen LogP contribution in [0.5, 0.6) is 0 Å². The predicted octanol–water partition coefficient (Wildman–Crippen LogP) is 4.03. The molecule has 3 nitrogen and oxygen atoms in total. The van der Waals surface area contributed by atoms with Gasteiger partial charge in [-0.25, -0.2) is 0 Å². The first-order valence-electron chi connectivity index (χ1n) is 8.96. The average molecular weight is 322 g/mol. The Balaban J connectivity index is 1.66. The largest absolute Gasteiger partial charge is 0.345 e. The van der Waals surface area contributed by atoms with Crippen molar-refractivity contribution < 1.29 is 4.79 Å². The van der Waals surface area contributed by atoms with Crippen LogP contribution in [0, 0.1) is 0 Å². The zero-order valence-electron chi connectivity index (χ0n) is 14.2. The van der Waals surface area contributed by atoms with Crippen LogP contribution in [0.3, 0.4) is 0 Å². The van der Waals surface area contributed by atoms with Gasteiger partial charge in [0.1, 0.15) is 0 Å². The number of carbonyl (C=O) groups excluding carboxylic acids is 1. The number of hydrogen-bond donors (Lipinski definition) is 1. The highest BCUT2D eigenvalue weighted by Gasteiger charge is 2.18. The zero-order chi connectivity index (χ0) is 16.6. The van der Waals surface area contributed by atoms with Gasteiger partial charge in [0, 0.05) is 12.1 Å². The Hall–Kier alpha value is -2.13. The van der Waals surface area contributed by atoms with Gasteiger partial charge in [0.15, 0.2) is 0 Å². The van der Waals surface area contributed by atoms with Crippen molar-refractivity contribution in [3.63, 3.8) is 0 Å². The van der Waals surface area contributed by atoms with Gasteiger partial charge in [-0.3, -0.25) is 4.79 Å². The molecule has 1 aliphatic heterocycles. The minimum absolute atomic E-state index is 0.00287. The highest BCUT2D eigenvalue weighted by atomic mass is 16.1.